The molecule has 1 aromatic carbocycles. The predicted molar refractivity (Wildman–Crippen MR) is 183 cm³/mol. The van der Waals surface area contributed by atoms with Gasteiger partial charge in [-0.05, 0) is 68.9 Å². The molecule has 0 spiro atoms. The maximum Gasteiger partial charge on any atom is 0.412 e. The summed E-state index contributed by atoms with van der Waals surface area (Å²) >= 11 is 0. The summed E-state index contributed by atoms with van der Waals surface area (Å²) in [6.07, 6.45) is 5.19. The number of likely N-dealkylation sites (tertiary alicyclic amines) is 1. The first kappa shape index (κ1) is 36.7. The van der Waals surface area contributed by atoms with Crippen LogP contribution < -0.4 is 20.9 Å². The highest BCUT2D eigenvalue weighted by atomic mass is 31.2. The number of nitrogens with zero attached hydrogens (tertiary/aromatic N) is 2. The minimum absolute atomic E-state index is 0.00881. The molecule has 4 aliphatic rings. The van der Waals surface area contributed by atoms with E-state index in [1.807, 2.05) is 18.2 Å². The highest BCUT2D eigenvalue weighted by Crippen LogP contribution is 2.67. The van der Waals surface area contributed by atoms with Crippen LogP contribution in [0.2, 0.25) is 0 Å². The normalized spacial score (nSPS) is 26.4. The minimum atomic E-state index is -4.82. The number of carbonyl (C=O) groups is 4. The second kappa shape index (κ2) is 14.7. The topological polar surface area (TPSA) is 187 Å². The van der Waals surface area contributed by atoms with Crippen molar-refractivity contribution in [2.45, 2.75) is 108 Å². The highest BCUT2D eigenvalue weighted by molar-refractivity contribution is 7.54. The van der Waals surface area contributed by atoms with E-state index < -0.39 is 66.4 Å². The molecule has 4 amide bonds. The van der Waals surface area contributed by atoms with Crippen molar-refractivity contribution in [2.75, 3.05) is 29.9 Å². The molecule has 0 bridgehead atoms. The Morgan fingerprint density at radius 3 is 2.27 bits per heavy atom. The molecule has 270 valence electrons. The quantitative estimate of drug-likeness (QED) is 0.172. The van der Waals surface area contributed by atoms with E-state index in [9.17, 15) is 33.5 Å². The number of piperidine rings is 1. The fourth-order valence-electron chi connectivity index (χ4n) is 7.18. The van der Waals surface area contributed by atoms with Crippen molar-refractivity contribution in [3.8, 4) is 0 Å². The van der Waals surface area contributed by atoms with Crippen LogP contribution in [-0.4, -0.2) is 87.9 Å². The molecule has 0 aromatic heterocycles. The van der Waals surface area contributed by atoms with E-state index in [-0.39, 0.29) is 25.5 Å². The second-order valence-corrected chi connectivity index (χ2v) is 16.6. The van der Waals surface area contributed by atoms with Crippen molar-refractivity contribution in [1.29, 1.82) is 0 Å². The Kier molecular flexibility index (Phi) is 11.0. The monoisotopic (exact) mass is 703 g/mol. The van der Waals surface area contributed by atoms with Crippen LogP contribution in [0, 0.1) is 11.3 Å². The van der Waals surface area contributed by atoms with Crippen LogP contribution in [0.5, 0.6) is 0 Å². The molecule has 5 rings (SSSR count). The number of carbonyl (C=O) groups excluding carboxylic acids is 4. The zero-order chi connectivity index (χ0) is 35.6. The van der Waals surface area contributed by atoms with Gasteiger partial charge in [-0.2, -0.15) is 0 Å². The fourth-order valence-corrected chi connectivity index (χ4v) is 8.41. The van der Waals surface area contributed by atoms with Gasteiger partial charge in [0.1, 0.15) is 29.6 Å². The number of benzene rings is 1. The molecule has 1 unspecified atom stereocenters. The number of para-hydroxylation sites is 2. The molecule has 0 radical (unpaired) electrons. The first-order valence-corrected chi connectivity index (χ1v) is 18.8. The van der Waals surface area contributed by atoms with Gasteiger partial charge in [0.25, 0.3) is 0 Å². The summed E-state index contributed by atoms with van der Waals surface area (Å²) in [5.41, 5.74) is 0.617. The zero-order valence-electron chi connectivity index (χ0n) is 28.6. The number of ether oxygens (including phenoxy) is 2. The third-order valence-electron chi connectivity index (χ3n) is 10.0. The number of nitrogens with one attached hydrogen (secondary N) is 3. The van der Waals surface area contributed by atoms with Gasteiger partial charge in [0.15, 0.2) is 0 Å². The van der Waals surface area contributed by atoms with Crippen molar-refractivity contribution in [3.63, 3.8) is 0 Å². The summed E-state index contributed by atoms with van der Waals surface area (Å²) < 4.78 is 23.8. The van der Waals surface area contributed by atoms with Crippen LogP contribution in [0.15, 0.2) is 36.9 Å². The molecule has 49 heavy (non-hydrogen) atoms. The molecule has 14 nitrogen and oxygen atoms in total. The molecular weight excluding hydrogens is 653 g/mol. The van der Waals surface area contributed by atoms with Gasteiger partial charge in [-0.3, -0.25) is 19.5 Å². The third kappa shape index (κ3) is 8.41. The molecule has 2 aliphatic carbocycles. The van der Waals surface area contributed by atoms with Crippen LogP contribution in [0.1, 0.15) is 78.6 Å². The van der Waals surface area contributed by atoms with E-state index in [0.29, 0.717) is 5.69 Å². The van der Waals surface area contributed by atoms with Crippen molar-refractivity contribution in [2.24, 2.45) is 11.3 Å². The fraction of sp³-hybridized carbons (Fsp3) is 0.647. The Morgan fingerprint density at radius 1 is 1.00 bits per heavy atom. The van der Waals surface area contributed by atoms with Gasteiger partial charge in [0, 0.05) is 25.4 Å². The molecule has 15 heteroatoms. The van der Waals surface area contributed by atoms with Gasteiger partial charge in [-0.15, -0.1) is 6.58 Å². The van der Waals surface area contributed by atoms with Gasteiger partial charge < -0.3 is 39.7 Å². The largest absolute Gasteiger partial charge is 0.446 e. The Morgan fingerprint density at radius 2 is 1.65 bits per heavy atom. The molecule has 2 heterocycles. The van der Waals surface area contributed by atoms with Crippen molar-refractivity contribution in [1.82, 2.24) is 15.5 Å². The predicted octanol–water partition coefficient (Wildman–Crippen LogP) is 4.47. The van der Waals surface area contributed by atoms with E-state index in [4.69, 9.17) is 9.47 Å². The van der Waals surface area contributed by atoms with Crippen LogP contribution in [-0.2, 0) is 23.6 Å². The zero-order valence-corrected chi connectivity index (χ0v) is 29.5. The Labute approximate surface area is 287 Å². The van der Waals surface area contributed by atoms with Crippen LogP contribution in [0.3, 0.4) is 0 Å². The molecule has 5 atom stereocenters. The summed E-state index contributed by atoms with van der Waals surface area (Å²) in [7, 11) is -4.82. The smallest absolute Gasteiger partial charge is 0.412 e. The van der Waals surface area contributed by atoms with E-state index in [2.05, 4.69) is 27.4 Å². The number of hydrogen-bond donors (Lipinski definition) is 5. The Balaban J connectivity index is 1.35. The Hall–Kier alpha value is -3.61. The lowest BCUT2D eigenvalue weighted by Crippen LogP contribution is -2.58. The summed E-state index contributed by atoms with van der Waals surface area (Å²) in [6.45, 7) is 10.5. The lowest BCUT2D eigenvalue weighted by atomic mass is 9.85. The summed E-state index contributed by atoms with van der Waals surface area (Å²) in [6, 6.07) is 5.04. The van der Waals surface area contributed by atoms with E-state index >= 15 is 0 Å². The van der Waals surface area contributed by atoms with Crippen LogP contribution in [0.25, 0.3) is 0 Å². The van der Waals surface area contributed by atoms with Gasteiger partial charge >= 0.3 is 19.8 Å². The maximum absolute atomic E-state index is 14.3. The summed E-state index contributed by atoms with van der Waals surface area (Å²) in [5, 5.41) is 6.20. The number of hydrogen-bond acceptors (Lipinski definition) is 8. The van der Waals surface area contributed by atoms with Gasteiger partial charge in [-0.25, -0.2) is 9.59 Å². The highest BCUT2D eigenvalue weighted by Gasteiger charge is 2.66. The average molecular weight is 704 g/mol. The first-order valence-electron chi connectivity index (χ1n) is 17.2. The van der Waals surface area contributed by atoms with Crippen molar-refractivity contribution >= 4 is 43.0 Å². The number of anilines is 2. The first-order chi connectivity index (χ1) is 23.1. The molecule has 4 fully saturated rings. The van der Waals surface area contributed by atoms with Gasteiger partial charge in [0.05, 0.1) is 17.9 Å². The molecule has 5 N–H and O–H groups in total. The van der Waals surface area contributed by atoms with Crippen molar-refractivity contribution < 1.29 is 43.0 Å². The molecular formula is C34H50N5O9P. The molecule has 2 saturated carbocycles. The van der Waals surface area contributed by atoms with E-state index in [0.717, 1.165) is 63.7 Å². The lowest BCUT2D eigenvalue weighted by molar-refractivity contribution is -0.142. The summed E-state index contributed by atoms with van der Waals surface area (Å²) in [4.78, 5) is 78.0. The van der Waals surface area contributed by atoms with Crippen LogP contribution >= 0.6 is 7.60 Å². The lowest BCUT2D eigenvalue weighted by Gasteiger charge is -2.35. The van der Waals surface area contributed by atoms with Crippen molar-refractivity contribution in [3.05, 3.63) is 36.9 Å². The molecule has 2 aliphatic heterocycles. The number of alkyl carbamates (subject to hydrolysis) is 1. The Bertz CT molecular complexity index is 1470. The van der Waals surface area contributed by atoms with Gasteiger partial charge in [-0.1, -0.05) is 39.0 Å². The number of amides is 4. The SMILES string of the molecule is C=C[C@@H]1C[C@]1(NC(=O)[C@@H]1C[C@@H](OC(=O)Nc2ccccc2N2CCCCC2)CN1C(=O)C(NC(=O)OC1CCCC1)C(C)(C)C)P(=O)(O)O. The minimum Gasteiger partial charge on any atom is -0.446 e. The summed E-state index contributed by atoms with van der Waals surface area (Å²) in [5.74, 6) is -2.07. The second-order valence-electron chi connectivity index (χ2n) is 14.7. The standard InChI is InChI=1S/C34H50N5O9P/c1-5-22-20-34(22,49(44,45)46)37-29(40)27-19-24(48-31(42)35-25-15-9-10-16-26(25)38-17-11-6-12-18-38)21-39(27)30(41)28(33(2,3)4)36-32(43)47-23-13-7-8-14-23/h5,9-10,15-16,22-24,27-28H,1,6-8,11-14,17-21H2,2-4H3,(H,35,42)(H,36,43)(H,37,40)(H2,44,45,46)/t22-,24-,27+,28?,34+/m1/s1. The van der Waals surface area contributed by atoms with Gasteiger partial charge in [0.2, 0.25) is 11.8 Å². The molecule has 1 aromatic rings. The van der Waals surface area contributed by atoms with Crippen LogP contribution in [0.4, 0.5) is 21.0 Å². The third-order valence-corrected chi connectivity index (χ3v) is 11.7. The van der Waals surface area contributed by atoms with E-state index in [1.165, 1.54) is 11.0 Å². The average Bonchev–Trinajstić information content (AvgIpc) is 3.32. The van der Waals surface area contributed by atoms with E-state index in [1.54, 1.807) is 26.8 Å². The maximum atomic E-state index is 14.3. The molecule has 2 saturated heterocycles. The number of rotatable bonds is 10.